The number of carbonyl (C=O) groups is 1. The summed E-state index contributed by atoms with van der Waals surface area (Å²) in [5.74, 6) is 0.0220. The Balaban J connectivity index is 1.16. The first-order valence-electron chi connectivity index (χ1n) is 16.9. The van der Waals surface area contributed by atoms with Crippen molar-refractivity contribution >= 4 is 44.8 Å². The van der Waals surface area contributed by atoms with E-state index in [1.807, 2.05) is 18.8 Å². The maximum atomic E-state index is 13.2. The maximum absolute atomic E-state index is 13.2. The number of nitrogens with zero attached hydrogens (tertiary/aromatic N) is 4. The number of aromatic nitrogens is 4. The summed E-state index contributed by atoms with van der Waals surface area (Å²) in [6.45, 7) is 1.44. The zero-order chi connectivity index (χ0) is 33.3. The van der Waals surface area contributed by atoms with Crippen molar-refractivity contribution in [2.75, 3.05) is 31.3 Å². The highest BCUT2D eigenvalue weighted by Crippen LogP contribution is 2.40. The molecule has 5 aromatic carbocycles. The van der Waals surface area contributed by atoms with Gasteiger partial charge in [0.25, 0.3) is 0 Å². The van der Waals surface area contributed by atoms with E-state index in [-0.39, 0.29) is 11.8 Å². The first-order chi connectivity index (χ1) is 24.0. The lowest BCUT2D eigenvalue weighted by molar-refractivity contribution is -0.128. The average Bonchev–Trinajstić information content (AvgIpc) is 3.73. The van der Waals surface area contributed by atoms with Crippen LogP contribution in [0.2, 0.25) is 0 Å². The molecule has 8 heteroatoms. The smallest absolute Gasteiger partial charge is 0.223 e. The molecule has 8 nitrogen and oxygen atoms in total. The predicted molar refractivity (Wildman–Crippen MR) is 198 cm³/mol. The van der Waals surface area contributed by atoms with Crippen molar-refractivity contribution in [3.8, 4) is 11.1 Å². The summed E-state index contributed by atoms with van der Waals surface area (Å²) in [6, 6.07) is 36.9. The van der Waals surface area contributed by atoms with Gasteiger partial charge in [-0.2, -0.15) is 5.10 Å². The Labute approximate surface area is 285 Å². The number of hydrogen-bond acceptors (Lipinski definition) is 5. The minimum absolute atomic E-state index is 0.0833. The van der Waals surface area contributed by atoms with Gasteiger partial charge in [-0.05, 0) is 82.6 Å². The van der Waals surface area contributed by atoms with Crippen LogP contribution in [0.4, 0.5) is 17.1 Å². The third-order valence-corrected chi connectivity index (χ3v) is 9.75. The first kappa shape index (κ1) is 30.4. The van der Waals surface area contributed by atoms with Gasteiger partial charge in [-0.1, -0.05) is 66.7 Å². The fraction of sp³-hybridized carbons (Fsp3) is 0.195. The molecule has 0 spiro atoms. The summed E-state index contributed by atoms with van der Waals surface area (Å²) >= 11 is 0. The number of aromatic amines is 1. The van der Waals surface area contributed by atoms with E-state index in [4.69, 9.17) is 0 Å². The third kappa shape index (κ3) is 6.13. The summed E-state index contributed by atoms with van der Waals surface area (Å²) in [6.07, 6.45) is 5.59. The molecule has 0 bridgehead atoms. The van der Waals surface area contributed by atoms with E-state index < -0.39 is 0 Å². The normalized spacial score (nSPS) is 12.9. The highest BCUT2D eigenvalue weighted by atomic mass is 16.2. The van der Waals surface area contributed by atoms with Crippen LogP contribution in [0.15, 0.2) is 116 Å². The second kappa shape index (κ2) is 13.0. The number of anilines is 3. The molecule has 0 radical (unpaired) electrons. The lowest BCUT2D eigenvalue weighted by atomic mass is 9.86. The Kier molecular flexibility index (Phi) is 8.05. The Morgan fingerprint density at radius 3 is 2.49 bits per heavy atom. The standard InChI is InChI=1S/C41H39N7O/c1-47(2)41(49)24-34(30-16-18-39-36(21-30)32-8-4-6-10-38(32)46-39)27-11-13-28(14-12-27)35-22-31(43-19-20-48-26-42-25-44-48)23-40-33(35)17-15-29-7-3-5-9-37(29)45-40/h3-14,16,18,21-23,25-26,34,43,45-46H,15,17,19-20,24H2,1-2H3. The highest BCUT2D eigenvalue weighted by molar-refractivity contribution is 6.07. The van der Waals surface area contributed by atoms with Crippen LogP contribution < -0.4 is 10.6 Å². The summed E-state index contributed by atoms with van der Waals surface area (Å²) in [5, 5.41) is 14.0. The molecule has 0 fully saturated rings. The molecular formula is C41H39N7O. The molecule has 0 saturated carbocycles. The van der Waals surface area contributed by atoms with Crippen LogP contribution in [0.3, 0.4) is 0 Å². The molecule has 7 aromatic rings. The van der Waals surface area contributed by atoms with E-state index >= 15 is 0 Å². The molecule has 8 rings (SSSR count). The molecule has 49 heavy (non-hydrogen) atoms. The fourth-order valence-corrected chi connectivity index (χ4v) is 7.10. The number of benzene rings is 5. The molecule has 0 saturated heterocycles. The van der Waals surface area contributed by atoms with Gasteiger partial charge in [-0.25, -0.2) is 4.98 Å². The summed E-state index contributed by atoms with van der Waals surface area (Å²) in [7, 11) is 3.66. The molecule has 2 aromatic heterocycles. The van der Waals surface area contributed by atoms with Crippen molar-refractivity contribution in [1.29, 1.82) is 0 Å². The lowest BCUT2D eigenvalue weighted by Crippen LogP contribution is -2.24. The zero-order valence-corrected chi connectivity index (χ0v) is 27.8. The number of amides is 1. The average molecular weight is 646 g/mol. The van der Waals surface area contributed by atoms with Crippen LogP contribution in [0, 0.1) is 0 Å². The van der Waals surface area contributed by atoms with Gasteiger partial charge in [-0.3, -0.25) is 9.48 Å². The summed E-state index contributed by atoms with van der Waals surface area (Å²) in [4.78, 5) is 22.5. The monoisotopic (exact) mass is 645 g/mol. The molecule has 1 atom stereocenters. The second-order valence-electron chi connectivity index (χ2n) is 13.1. The van der Waals surface area contributed by atoms with Crippen LogP contribution in [-0.4, -0.2) is 51.2 Å². The number of para-hydroxylation sites is 2. The molecular weight excluding hydrogens is 606 g/mol. The van der Waals surface area contributed by atoms with E-state index in [1.165, 1.54) is 27.5 Å². The third-order valence-electron chi connectivity index (χ3n) is 9.75. The van der Waals surface area contributed by atoms with Gasteiger partial charge in [0.15, 0.2) is 0 Å². The quantitative estimate of drug-likeness (QED) is 0.147. The molecule has 3 N–H and O–H groups in total. The Hall–Kier alpha value is -5.89. The number of rotatable bonds is 9. The van der Waals surface area contributed by atoms with E-state index in [0.717, 1.165) is 70.7 Å². The number of H-pyrrole nitrogens is 1. The number of aryl methyl sites for hydroxylation is 1. The van der Waals surface area contributed by atoms with Gasteiger partial charge in [0.1, 0.15) is 12.7 Å². The maximum Gasteiger partial charge on any atom is 0.223 e. The van der Waals surface area contributed by atoms with Gasteiger partial charge in [-0.15, -0.1) is 0 Å². The highest BCUT2D eigenvalue weighted by Gasteiger charge is 2.22. The minimum atomic E-state index is -0.0833. The minimum Gasteiger partial charge on any atom is -0.383 e. The number of fused-ring (bicyclic) bond motifs is 5. The SMILES string of the molecule is CN(C)C(=O)CC(c1ccc(-c2cc(NCCn3cncn3)cc3c2CCc2ccccc2N3)cc1)c1ccc2[nH]c3ccccc3c2c1. The van der Waals surface area contributed by atoms with Crippen LogP contribution >= 0.6 is 0 Å². The fourth-order valence-electron chi connectivity index (χ4n) is 7.10. The topological polar surface area (TPSA) is 90.9 Å². The number of hydrogen-bond donors (Lipinski definition) is 3. The molecule has 3 heterocycles. The van der Waals surface area contributed by atoms with E-state index in [2.05, 4.69) is 129 Å². The van der Waals surface area contributed by atoms with Crippen LogP contribution in [0.25, 0.3) is 32.9 Å². The largest absolute Gasteiger partial charge is 0.383 e. The first-order valence-corrected chi connectivity index (χ1v) is 16.9. The van der Waals surface area contributed by atoms with Crippen LogP contribution in [0.5, 0.6) is 0 Å². The summed E-state index contributed by atoms with van der Waals surface area (Å²) < 4.78 is 1.83. The van der Waals surface area contributed by atoms with Gasteiger partial charge >= 0.3 is 0 Å². The van der Waals surface area contributed by atoms with Crippen molar-refractivity contribution in [2.45, 2.75) is 31.7 Å². The Morgan fingerprint density at radius 2 is 1.65 bits per heavy atom. The van der Waals surface area contributed by atoms with E-state index in [1.54, 1.807) is 17.6 Å². The van der Waals surface area contributed by atoms with Crippen LogP contribution in [-0.2, 0) is 24.2 Å². The van der Waals surface area contributed by atoms with E-state index in [0.29, 0.717) is 6.42 Å². The van der Waals surface area contributed by atoms with Crippen molar-refractivity contribution in [2.24, 2.45) is 0 Å². The van der Waals surface area contributed by atoms with Crippen molar-refractivity contribution in [3.05, 3.63) is 138 Å². The Bertz CT molecular complexity index is 2270. The summed E-state index contributed by atoms with van der Waals surface area (Å²) in [5.41, 5.74) is 12.8. The van der Waals surface area contributed by atoms with Gasteiger partial charge in [0.05, 0.1) is 6.54 Å². The lowest BCUT2D eigenvalue weighted by Gasteiger charge is -2.21. The molecule has 1 aliphatic rings. The molecule has 1 aliphatic heterocycles. The Morgan fingerprint density at radius 1 is 0.857 bits per heavy atom. The zero-order valence-electron chi connectivity index (χ0n) is 27.8. The predicted octanol–water partition coefficient (Wildman–Crippen LogP) is 8.14. The number of nitrogens with one attached hydrogen (secondary N) is 3. The second-order valence-corrected chi connectivity index (χ2v) is 13.1. The van der Waals surface area contributed by atoms with Gasteiger partial charge < -0.3 is 20.5 Å². The molecule has 244 valence electrons. The van der Waals surface area contributed by atoms with Crippen molar-refractivity contribution < 1.29 is 4.79 Å². The van der Waals surface area contributed by atoms with Crippen molar-refractivity contribution in [3.63, 3.8) is 0 Å². The van der Waals surface area contributed by atoms with Gasteiger partial charge in [0, 0.05) is 71.8 Å². The van der Waals surface area contributed by atoms with Crippen LogP contribution in [0.1, 0.15) is 34.6 Å². The van der Waals surface area contributed by atoms with E-state index in [9.17, 15) is 4.79 Å². The molecule has 1 amide bonds. The van der Waals surface area contributed by atoms with Gasteiger partial charge in [0.2, 0.25) is 5.91 Å². The molecule has 1 unspecified atom stereocenters. The number of carbonyl (C=O) groups excluding carboxylic acids is 1. The molecule has 0 aliphatic carbocycles. The van der Waals surface area contributed by atoms with Crippen molar-refractivity contribution in [1.82, 2.24) is 24.6 Å².